The number of aromatic nitrogens is 2. The molecule has 0 atom stereocenters. The zero-order valence-electron chi connectivity index (χ0n) is 11.1. The fraction of sp³-hybridized carbons (Fsp3) is 0.692. The lowest BCUT2D eigenvalue weighted by molar-refractivity contribution is -0.127. The summed E-state index contributed by atoms with van der Waals surface area (Å²) in [7, 11) is 0. The largest absolute Gasteiger partial charge is 0.381 e. The van der Waals surface area contributed by atoms with Gasteiger partial charge >= 0.3 is 0 Å². The van der Waals surface area contributed by atoms with Crippen molar-refractivity contribution in [3.63, 3.8) is 0 Å². The van der Waals surface area contributed by atoms with Gasteiger partial charge in [0.2, 0.25) is 5.91 Å². The van der Waals surface area contributed by atoms with E-state index in [0.29, 0.717) is 19.8 Å². The maximum Gasteiger partial charge on any atom is 0.223 e. The van der Waals surface area contributed by atoms with Gasteiger partial charge in [0.05, 0.1) is 5.69 Å². The van der Waals surface area contributed by atoms with Crippen molar-refractivity contribution in [1.82, 2.24) is 15.5 Å². The summed E-state index contributed by atoms with van der Waals surface area (Å²) in [6.45, 7) is 6.09. The summed E-state index contributed by atoms with van der Waals surface area (Å²) in [6, 6.07) is 0. The Bertz CT molecular complexity index is 389. The van der Waals surface area contributed by atoms with E-state index in [-0.39, 0.29) is 11.8 Å². The van der Waals surface area contributed by atoms with Crippen molar-refractivity contribution in [3.05, 3.63) is 17.0 Å². The minimum Gasteiger partial charge on any atom is -0.381 e. The van der Waals surface area contributed by atoms with Gasteiger partial charge in [-0.15, -0.1) is 0 Å². The van der Waals surface area contributed by atoms with Crippen LogP contribution in [0.1, 0.15) is 29.8 Å². The van der Waals surface area contributed by atoms with Gasteiger partial charge in [-0.05, 0) is 38.7 Å². The van der Waals surface area contributed by atoms with Crippen LogP contribution in [0.4, 0.5) is 0 Å². The third-order valence-electron chi connectivity index (χ3n) is 3.55. The van der Waals surface area contributed by atoms with E-state index < -0.39 is 0 Å². The Balaban J connectivity index is 1.76. The topological polar surface area (TPSA) is 67.0 Å². The van der Waals surface area contributed by atoms with Crippen LogP contribution < -0.4 is 5.32 Å². The number of carbonyl (C=O) groups is 1. The fourth-order valence-corrected chi connectivity index (χ4v) is 2.36. The van der Waals surface area contributed by atoms with Crippen LogP contribution in [0.15, 0.2) is 0 Å². The number of carbonyl (C=O) groups excluding carboxylic acids is 1. The standard InChI is InChI=1S/C13H21N3O2/c1-9-12(10(2)16-15-9)3-6-14-13(17)11-4-7-18-8-5-11/h11H,3-8H2,1-2H3,(H,14,17)(H,15,16). The monoisotopic (exact) mass is 251 g/mol. The van der Waals surface area contributed by atoms with Gasteiger partial charge < -0.3 is 10.1 Å². The van der Waals surface area contributed by atoms with Crippen LogP contribution in [-0.2, 0) is 16.0 Å². The predicted octanol–water partition coefficient (Wildman–Crippen LogP) is 1.11. The van der Waals surface area contributed by atoms with Crippen molar-refractivity contribution in [1.29, 1.82) is 0 Å². The highest BCUT2D eigenvalue weighted by atomic mass is 16.5. The number of rotatable bonds is 4. The maximum atomic E-state index is 11.9. The number of hydrogen-bond acceptors (Lipinski definition) is 3. The average molecular weight is 251 g/mol. The summed E-state index contributed by atoms with van der Waals surface area (Å²) in [5, 5.41) is 10.1. The van der Waals surface area contributed by atoms with Crippen LogP contribution in [0.5, 0.6) is 0 Å². The molecule has 0 aliphatic carbocycles. The molecule has 1 aromatic heterocycles. The molecule has 2 heterocycles. The molecule has 1 amide bonds. The summed E-state index contributed by atoms with van der Waals surface area (Å²) in [5.74, 6) is 0.294. The Morgan fingerprint density at radius 1 is 1.44 bits per heavy atom. The molecule has 2 rings (SSSR count). The Morgan fingerprint density at radius 2 is 2.17 bits per heavy atom. The molecule has 5 nitrogen and oxygen atoms in total. The summed E-state index contributed by atoms with van der Waals surface area (Å²) >= 11 is 0. The molecule has 2 N–H and O–H groups in total. The first-order valence-electron chi connectivity index (χ1n) is 6.54. The third kappa shape index (κ3) is 3.10. The quantitative estimate of drug-likeness (QED) is 0.842. The normalized spacial score (nSPS) is 16.8. The van der Waals surface area contributed by atoms with E-state index in [4.69, 9.17) is 4.74 Å². The maximum absolute atomic E-state index is 11.9. The summed E-state index contributed by atoms with van der Waals surface area (Å²) in [6.07, 6.45) is 2.52. The first kappa shape index (κ1) is 13.1. The molecule has 1 aromatic rings. The third-order valence-corrected chi connectivity index (χ3v) is 3.55. The van der Waals surface area contributed by atoms with Crippen molar-refractivity contribution in [3.8, 4) is 0 Å². The van der Waals surface area contributed by atoms with Crippen molar-refractivity contribution in [2.45, 2.75) is 33.1 Å². The van der Waals surface area contributed by atoms with Crippen LogP contribution in [-0.4, -0.2) is 35.9 Å². The molecule has 0 bridgehead atoms. The van der Waals surface area contributed by atoms with Crippen LogP contribution >= 0.6 is 0 Å². The van der Waals surface area contributed by atoms with Gasteiger partial charge in [0.15, 0.2) is 0 Å². The lowest BCUT2D eigenvalue weighted by Crippen LogP contribution is -2.35. The van der Waals surface area contributed by atoms with E-state index in [0.717, 1.165) is 30.7 Å². The molecule has 0 unspecified atom stereocenters. The molecule has 18 heavy (non-hydrogen) atoms. The number of amides is 1. The number of aromatic amines is 1. The first-order chi connectivity index (χ1) is 8.68. The highest BCUT2D eigenvalue weighted by molar-refractivity contribution is 5.78. The molecule has 5 heteroatoms. The highest BCUT2D eigenvalue weighted by Crippen LogP contribution is 2.14. The zero-order valence-corrected chi connectivity index (χ0v) is 11.1. The number of nitrogens with zero attached hydrogens (tertiary/aromatic N) is 1. The fourth-order valence-electron chi connectivity index (χ4n) is 2.36. The number of nitrogens with one attached hydrogen (secondary N) is 2. The van der Waals surface area contributed by atoms with Crippen LogP contribution in [0.25, 0.3) is 0 Å². The van der Waals surface area contributed by atoms with Gasteiger partial charge in [0.25, 0.3) is 0 Å². The summed E-state index contributed by atoms with van der Waals surface area (Å²) in [5.41, 5.74) is 3.32. The second kappa shape index (κ2) is 6.00. The van der Waals surface area contributed by atoms with Crippen LogP contribution in [0.3, 0.4) is 0 Å². The average Bonchev–Trinajstić information content (AvgIpc) is 2.71. The zero-order chi connectivity index (χ0) is 13.0. The molecule has 0 radical (unpaired) electrons. The molecule has 100 valence electrons. The lowest BCUT2D eigenvalue weighted by Gasteiger charge is -2.21. The van der Waals surface area contributed by atoms with Crippen LogP contribution in [0, 0.1) is 19.8 Å². The van der Waals surface area contributed by atoms with Crippen molar-refractivity contribution < 1.29 is 9.53 Å². The Hall–Kier alpha value is -1.36. The van der Waals surface area contributed by atoms with Crippen molar-refractivity contribution in [2.75, 3.05) is 19.8 Å². The van der Waals surface area contributed by atoms with Crippen LogP contribution in [0.2, 0.25) is 0 Å². The van der Waals surface area contributed by atoms with E-state index in [1.807, 2.05) is 13.8 Å². The van der Waals surface area contributed by atoms with Crippen molar-refractivity contribution >= 4 is 5.91 Å². The smallest absolute Gasteiger partial charge is 0.223 e. The Kier molecular flexibility index (Phi) is 4.36. The predicted molar refractivity (Wildman–Crippen MR) is 68.3 cm³/mol. The van der Waals surface area contributed by atoms with Gasteiger partial charge in [0.1, 0.15) is 0 Å². The lowest BCUT2D eigenvalue weighted by atomic mass is 9.99. The first-order valence-corrected chi connectivity index (χ1v) is 6.54. The van der Waals surface area contributed by atoms with Crippen molar-refractivity contribution in [2.24, 2.45) is 5.92 Å². The second-order valence-electron chi connectivity index (χ2n) is 4.84. The SMILES string of the molecule is Cc1n[nH]c(C)c1CCNC(=O)C1CCOCC1. The molecule has 1 fully saturated rings. The Morgan fingerprint density at radius 3 is 2.78 bits per heavy atom. The molecule has 0 aromatic carbocycles. The number of aryl methyl sites for hydroxylation is 2. The van der Waals surface area contributed by atoms with Gasteiger partial charge in [-0.2, -0.15) is 5.10 Å². The minimum absolute atomic E-state index is 0.130. The summed E-state index contributed by atoms with van der Waals surface area (Å²) in [4.78, 5) is 11.9. The highest BCUT2D eigenvalue weighted by Gasteiger charge is 2.21. The number of ether oxygens (including phenoxy) is 1. The molecule has 1 saturated heterocycles. The van der Waals surface area contributed by atoms with Gasteiger partial charge in [0, 0.05) is 31.4 Å². The number of H-pyrrole nitrogens is 1. The molecular weight excluding hydrogens is 230 g/mol. The molecule has 0 spiro atoms. The van der Waals surface area contributed by atoms with Gasteiger partial charge in [-0.1, -0.05) is 0 Å². The summed E-state index contributed by atoms with van der Waals surface area (Å²) < 4.78 is 5.25. The minimum atomic E-state index is 0.130. The molecular formula is C13H21N3O2. The van der Waals surface area contributed by atoms with E-state index in [1.165, 1.54) is 5.56 Å². The van der Waals surface area contributed by atoms with E-state index in [1.54, 1.807) is 0 Å². The van der Waals surface area contributed by atoms with Gasteiger partial charge in [-0.3, -0.25) is 9.89 Å². The molecule has 0 saturated carbocycles. The molecule has 1 aliphatic heterocycles. The molecule has 1 aliphatic rings. The van der Waals surface area contributed by atoms with Gasteiger partial charge in [-0.25, -0.2) is 0 Å². The van der Waals surface area contributed by atoms with E-state index in [9.17, 15) is 4.79 Å². The Labute approximate surface area is 107 Å². The van der Waals surface area contributed by atoms with E-state index in [2.05, 4.69) is 15.5 Å². The number of hydrogen-bond donors (Lipinski definition) is 2. The van der Waals surface area contributed by atoms with E-state index >= 15 is 0 Å². The second-order valence-corrected chi connectivity index (χ2v) is 4.84.